The number of aromatic nitrogens is 2. The van der Waals surface area contributed by atoms with Crippen molar-refractivity contribution in [2.45, 2.75) is 25.8 Å². The van der Waals surface area contributed by atoms with Crippen molar-refractivity contribution in [3.63, 3.8) is 0 Å². The molecule has 31 heavy (non-hydrogen) atoms. The van der Waals surface area contributed by atoms with E-state index in [0.717, 1.165) is 0 Å². The van der Waals surface area contributed by atoms with Crippen LogP contribution in [0, 0.1) is 15.9 Å². The number of hydrogen-bond acceptors (Lipinski definition) is 5. The molecule has 3 aromatic rings. The van der Waals surface area contributed by atoms with Crippen molar-refractivity contribution in [1.29, 1.82) is 0 Å². The van der Waals surface area contributed by atoms with Gasteiger partial charge in [-0.05, 0) is 30.2 Å². The second-order valence-electron chi connectivity index (χ2n) is 7.01. The Bertz CT molecular complexity index is 1190. The van der Waals surface area contributed by atoms with E-state index in [2.05, 4.69) is 15.7 Å². The third-order valence-electron chi connectivity index (χ3n) is 5.04. The van der Waals surface area contributed by atoms with Crippen LogP contribution >= 0.6 is 0 Å². The molecule has 0 aliphatic carbocycles. The number of halogens is 1. The summed E-state index contributed by atoms with van der Waals surface area (Å²) in [5.41, 5.74) is 1.89. The Morgan fingerprint density at radius 1 is 1.26 bits per heavy atom. The number of carbonyl (C=O) groups is 2. The van der Waals surface area contributed by atoms with Gasteiger partial charge in [0, 0.05) is 11.6 Å². The topological polar surface area (TPSA) is 119 Å². The molecular weight excluding hydrogens is 405 g/mol. The highest BCUT2D eigenvalue weighted by molar-refractivity contribution is 6.04. The lowest BCUT2D eigenvalue weighted by Crippen LogP contribution is -2.24. The van der Waals surface area contributed by atoms with Crippen molar-refractivity contribution in [2.75, 3.05) is 10.6 Å². The summed E-state index contributed by atoms with van der Waals surface area (Å²) >= 11 is 0. The lowest BCUT2D eigenvalue weighted by atomic mass is 10.0. The second-order valence-corrected chi connectivity index (χ2v) is 7.01. The summed E-state index contributed by atoms with van der Waals surface area (Å²) in [6, 6.07) is 10.7. The summed E-state index contributed by atoms with van der Waals surface area (Å²) in [5.74, 6) is -0.901. The van der Waals surface area contributed by atoms with Crippen molar-refractivity contribution in [3.05, 3.63) is 70.2 Å². The molecule has 0 fully saturated rings. The SMILES string of the molecule is CCc1nn2c(c1-c1ccc(F)cc1)NC(=O)C2CC(=O)Nc1ccccc1[N+](=O)[O-]. The number of para-hydroxylation sites is 2. The van der Waals surface area contributed by atoms with Gasteiger partial charge in [-0.15, -0.1) is 0 Å². The lowest BCUT2D eigenvalue weighted by Gasteiger charge is -2.10. The maximum atomic E-state index is 13.3. The summed E-state index contributed by atoms with van der Waals surface area (Å²) in [6.07, 6.45) is 0.316. The maximum absolute atomic E-state index is 13.3. The van der Waals surface area contributed by atoms with Crippen LogP contribution in [-0.4, -0.2) is 26.5 Å². The largest absolute Gasteiger partial charge is 0.320 e. The molecular formula is C21H18FN5O4. The molecule has 0 saturated carbocycles. The van der Waals surface area contributed by atoms with Gasteiger partial charge in [0.05, 0.1) is 17.0 Å². The van der Waals surface area contributed by atoms with Crippen LogP contribution in [0.2, 0.25) is 0 Å². The van der Waals surface area contributed by atoms with Crippen LogP contribution in [0.5, 0.6) is 0 Å². The minimum Gasteiger partial charge on any atom is -0.320 e. The number of carbonyl (C=O) groups excluding carboxylic acids is 2. The highest BCUT2D eigenvalue weighted by Crippen LogP contribution is 2.39. The van der Waals surface area contributed by atoms with E-state index in [1.165, 1.54) is 35.0 Å². The van der Waals surface area contributed by atoms with Crippen molar-refractivity contribution >= 4 is 29.0 Å². The molecule has 2 heterocycles. The van der Waals surface area contributed by atoms with E-state index >= 15 is 0 Å². The number of aryl methyl sites for hydroxylation is 1. The molecule has 0 saturated heterocycles. The fourth-order valence-electron chi connectivity index (χ4n) is 3.60. The molecule has 1 aliphatic heterocycles. The summed E-state index contributed by atoms with van der Waals surface area (Å²) in [5, 5.41) is 20.9. The molecule has 1 unspecified atom stereocenters. The average molecular weight is 423 g/mol. The third-order valence-corrected chi connectivity index (χ3v) is 5.04. The normalized spacial score (nSPS) is 14.8. The average Bonchev–Trinajstić information content (AvgIpc) is 3.24. The standard InChI is InChI=1S/C21H18FN5O4/c1-2-14-19(12-7-9-13(22)10-8-12)20-24-21(29)17(26(20)25-14)11-18(28)23-15-5-3-4-6-16(15)27(30)31/h3-10,17H,2,11H2,1H3,(H,23,28)(H,24,29). The number of nitrogens with zero attached hydrogens (tertiary/aromatic N) is 3. The van der Waals surface area contributed by atoms with E-state index in [0.29, 0.717) is 29.1 Å². The Labute approximate surface area is 176 Å². The zero-order valence-corrected chi connectivity index (χ0v) is 16.5. The predicted molar refractivity (Wildman–Crippen MR) is 111 cm³/mol. The summed E-state index contributed by atoms with van der Waals surface area (Å²) in [6.45, 7) is 1.91. The Balaban J connectivity index is 1.61. The van der Waals surface area contributed by atoms with Gasteiger partial charge in [0.2, 0.25) is 5.91 Å². The number of anilines is 2. The quantitative estimate of drug-likeness (QED) is 0.463. The minimum absolute atomic E-state index is 0.0536. The number of benzene rings is 2. The van der Waals surface area contributed by atoms with E-state index < -0.39 is 22.8 Å². The lowest BCUT2D eigenvalue weighted by molar-refractivity contribution is -0.383. The fraction of sp³-hybridized carbons (Fsp3) is 0.190. The van der Waals surface area contributed by atoms with E-state index in [1.807, 2.05) is 6.92 Å². The van der Waals surface area contributed by atoms with Gasteiger partial charge >= 0.3 is 0 Å². The molecule has 0 radical (unpaired) electrons. The van der Waals surface area contributed by atoms with Crippen LogP contribution in [-0.2, 0) is 16.0 Å². The Hall–Kier alpha value is -4.08. The molecule has 10 heteroatoms. The molecule has 2 N–H and O–H groups in total. The molecule has 2 amide bonds. The molecule has 0 bridgehead atoms. The monoisotopic (exact) mass is 423 g/mol. The van der Waals surface area contributed by atoms with Crippen LogP contribution < -0.4 is 10.6 Å². The number of nitro groups is 1. The van der Waals surface area contributed by atoms with Gasteiger partial charge in [0.1, 0.15) is 23.4 Å². The predicted octanol–water partition coefficient (Wildman–Crippen LogP) is 3.68. The van der Waals surface area contributed by atoms with Crippen LogP contribution in [0.3, 0.4) is 0 Å². The van der Waals surface area contributed by atoms with Crippen molar-refractivity contribution in [3.8, 4) is 11.1 Å². The van der Waals surface area contributed by atoms with Gasteiger partial charge in [0.25, 0.3) is 11.6 Å². The number of nitro benzene ring substituents is 1. The summed E-state index contributed by atoms with van der Waals surface area (Å²) in [4.78, 5) is 35.7. The first kappa shape index (κ1) is 20.2. The summed E-state index contributed by atoms with van der Waals surface area (Å²) < 4.78 is 14.8. The number of amides is 2. The minimum atomic E-state index is -0.905. The van der Waals surface area contributed by atoms with Gasteiger partial charge in [-0.25, -0.2) is 9.07 Å². The number of rotatable bonds is 6. The first-order chi connectivity index (χ1) is 14.9. The molecule has 158 valence electrons. The van der Waals surface area contributed by atoms with Crippen molar-refractivity contribution < 1.29 is 18.9 Å². The smallest absolute Gasteiger partial charge is 0.292 e. The van der Waals surface area contributed by atoms with Crippen molar-refractivity contribution in [2.24, 2.45) is 0 Å². The molecule has 4 rings (SSSR count). The number of fused-ring (bicyclic) bond motifs is 1. The fourth-order valence-corrected chi connectivity index (χ4v) is 3.60. The van der Waals surface area contributed by atoms with E-state index in [1.54, 1.807) is 18.2 Å². The van der Waals surface area contributed by atoms with Gasteiger partial charge in [0.15, 0.2) is 0 Å². The van der Waals surface area contributed by atoms with E-state index in [9.17, 15) is 24.1 Å². The number of nitrogens with one attached hydrogen (secondary N) is 2. The Morgan fingerprint density at radius 2 is 1.97 bits per heavy atom. The van der Waals surface area contributed by atoms with E-state index in [4.69, 9.17) is 0 Å². The summed E-state index contributed by atoms with van der Waals surface area (Å²) in [7, 11) is 0. The first-order valence-corrected chi connectivity index (χ1v) is 9.60. The molecule has 0 spiro atoms. The van der Waals surface area contributed by atoms with Crippen LogP contribution in [0.1, 0.15) is 25.1 Å². The molecule has 1 atom stereocenters. The van der Waals surface area contributed by atoms with Gasteiger partial charge in [-0.3, -0.25) is 19.7 Å². The van der Waals surface area contributed by atoms with Crippen LogP contribution in [0.15, 0.2) is 48.5 Å². The van der Waals surface area contributed by atoms with Crippen LogP contribution in [0.25, 0.3) is 11.1 Å². The Morgan fingerprint density at radius 3 is 2.65 bits per heavy atom. The third kappa shape index (κ3) is 3.75. The first-order valence-electron chi connectivity index (χ1n) is 9.60. The highest BCUT2D eigenvalue weighted by Gasteiger charge is 2.37. The zero-order chi connectivity index (χ0) is 22.1. The van der Waals surface area contributed by atoms with Gasteiger partial charge in [-0.1, -0.05) is 31.2 Å². The highest BCUT2D eigenvalue weighted by atomic mass is 19.1. The Kier molecular flexibility index (Phi) is 5.20. The number of hydrogen-bond donors (Lipinski definition) is 2. The molecule has 2 aromatic carbocycles. The molecule has 1 aliphatic rings. The molecule has 9 nitrogen and oxygen atoms in total. The maximum Gasteiger partial charge on any atom is 0.292 e. The van der Waals surface area contributed by atoms with Crippen molar-refractivity contribution in [1.82, 2.24) is 9.78 Å². The second kappa shape index (κ2) is 7.98. The molecule has 1 aromatic heterocycles. The van der Waals surface area contributed by atoms with Gasteiger partial charge < -0.3 is 10.6 Å². The van der Waals surface area contributed by atoms with E-state index in [-0.39, 0.29) is 23.6 Å². The zero-order valence-electron chi connectivity index (χ0n) is 16.5. The van der Waals surface area contributed by atoms with Crippen LogP contribution in [0.4, 0.5) is 21.6 Å². The van der Waals surface area contributed by atoms with Gasteiger partial charge in [-0.2, -0.15) is 5.10 Å².